The highest BCUT2D eigenvalue weighted by Gasteiger charge is 2.13. The van der Waals surface area contributed by atoms with Crippen molar-refractivity contribution in [2.24, 2.45) is 0 Å². The number of carbonyl (C=O) groups is 1. The lowest BCUT2D eigenvalue weighted by Gasteiger charge is -2.07. The molecule has 0 saturated heterocycles. The maximum absolute atomic E-state index is 12.1. The lowest BCUT2D eigenvalue weighted by molar-refractivity contribution is -0.118. The minimum atomic E-state index is -0.0265. The fourth-order valence-corrected chi connectivity index (χ4v) is 4.28. The number of aromatic nitrogens is 3. The number of carbonyl (C=O) groups excluding carboxylic acids is 1. The Balaban J connectivity index is 1.64. The molecule has 5 nitrogen and oxygen atoms in total. The van der Waals surface area contributed by atoms with Crippen LogP contribution in [0, 0.1) is 20.8 Å². The maximum atomic E-state index is 12.1. The Kier molecular flexibility index (Phi) is 5.11. The summed E-state index contributed by atoms with van der Waals surface area (Å²) in [5.74, 6) is 0.299. The Morgan fingerprint density at radius 3 is 2.88 bits per heavy atom. The van der Waals surface area contributed by atoms with E-state index in [4.69, 9.17) is 0 Å². The van der Waals surface area contributed by atoms with Gasteiger partial charge in [0, 0.05) is 16.5 Å². The van der Waals surface area contributed by atoms with Gasteiger partial charge in [0.25, 0.3) is 0 Å². The first kappa shape index (κ1) is 16.9. The molecule has 1 amide bonds. The summed E-state index contributed by atoms with van der Waals surface area (Å²) in [5.41, 5.74) is 3.17. The number of thiophene rings is 1. The van der Waals surface area contributed by atoms with Crippen LogP contribution in [0.4, 0.5) is 0 Å². The molecule has 0 bridgehead atoms. The molecule has 0 saturated carbocycles. The number of nitrogens with one attached hydrogen (secondary N) is 1. The highest BCUT2D eigenvalue weighted by atomic mass is 32.2. The van der Waals surface area contributed by atoms with E-state index in [0.29, 0.717) is 12.3 Å². The monoisotopic (exact) mass is 358 g/mol. The van der Waals surface area contributed by atoms with Crippen molar-refractivity contribution in [3.63, 3.8) is 0 Å². The van der Waals surface area contributed by atoms with E-state index in [1.165, 1.54) is 22.2 Å². The van der Waals surface area contributed by atoms with Gasteiger partial charge in [-0.1, -0.05) is 17.8 Å². The Hall–Kier alpha value is -1.99. The molecule has 0 aliphatic heterocycles. The number of fused-ring (bicyclic) bond motifs is 1. The van der Waals surface area contributed by atoms with E-state index in [1.54, 1.807) is 23.9 Å². The zero-order chi connectivity index (χ0) is 17.1. The summed E-state index contributed by atoms with van der Waals surface area (Å²) in [5, 5.41) is 4.85. The topological polar surface area (TPSA) is 67.8 Å². The van der Waals surface area contributed by atoms with Gasteiger partial charge in [0.05, 0.1) is 18.0 Å². The first-order chi connectivity index (χ1) is 11.6. The number of rotatable bonds is 5. The van der Waals surface area contributed by atoms with Crippen molar-refractivity contribution < 1.29 is 4.79 Å². The molecule has 0 fully saturated rings. The molecule has 24 heavy (non-hydrogen) atoms. The molecule has 1 N–H and O–H groups in total. The molecule has 7 heteroatoms. The van der Waals surface area contributed by atoms with Gasteiger partial charge in [-0.3, -0.25) is 9.78 Å². The number of nitrogens with zero attached hydrogens (tertiary/aromatic N) is 3. The van der Waals surface area contributed by atoms with Gasteiger partial charge in [0.15, 0.2) is 0 Å². The first-order valence-electron chi connectivity index (χ1n) is 7.57. The van der Waals surface area contributed by atoms with Crippen LogP contribution in [-0.2, 0) is 11.3 Å². The molecule has 0 aromatic carbocycles. The third-order valence-corrected chi connectivity index (χ3v) is 5.95. The van der Waals surface area contributed by atoms with Crippen LogP contribution in [0.25, 0.3) is 10.2 Å². The van der Waals surface area contributed by atoms with E-state index in [2.05, 4.69) is 34.1 Å². The van der Waals surface area contributed by atoms with Gasteiger partial charge in [-0.25, -0.2) is 9.97 Å². The van der Waals surface area contributed by atoms with Gasteiger partial charge in [-0.15, -0.1) is 11.3 Å². The average Bonchev–Trinajstić information content (AvgIpc) is 2.87. The lowest BCUT2D eigenvalue weighted by atomic mass is 10.2. The van der Waals surface area contributed by atoms with Crippen LogP contribution < -0.4 is 5.32 Å². The van der Waals surface area contributed by atoms with Gasteiger partial charge >= 0.3 is 0 Å². The molecule has 124 valence electrons. The first-order valence-corrected chi connectivity index (χ1v) is 9.37. The van der Waals surface area contributed by atoms with Crippen LogP contribution >= 0.6 is 23.1 Å². The summed E-state index contributed by atoms with van der Waals surface area (Å²) in [6.45, 7) is 6.59. The number of hydrogen-bond acceptors (Lipinski definition) is 6. The molecule has 3 aromatic rings. The second-order valence-electron chi connectivity index (χ2n) is 5.47. The summed E-state index contributed by atoms with van der Waals surface area (Å²) >= 11 is 3.11. The van der Waals surface area contributed by atoms with E-state index >= 15 is 0 Å². The van der Waals surface area contributed by atoms with Crippen LogP contribution in [-0.4, -0.2) is 26.6 Å². The molecule has 0 spiro atoms. The van der Waals surface area contributed by atoms with Gasteiger partial charge < -0.3 is 5.32 Å². The number of hydrogen-bond donors (Lipinski definition) is 1. The summed E-state index contributed by atoms with van der Waals surface area (Å²) < 4.78 is 0. The molecule has 0 unspecified atom stereocenters. The Morgan fingerprint density at radius 1 is 1.25 bits per heavy atom. The third kappa shape index (κ3) is 3.57. The third-order valence-electron chi connectivity index (χ3n) is 3.84. The predicted octanol–water partition coefficient (Wildman–Crippen LogP) is 3.42. The van der Waals surface area contributed by atoms with Crippen LogP contribution in [0.5, 0.6) is 0 Å². The molecular weight excluding hydrogens is 340 g/mol. The number of thioether (sulfide) groups is 1. The van der Waals surface area contributed by atoms with Crippen molar-refractivity contribution >= 4 is 39.2 Å². The summed E-state index contributed by atoms with van der Waals surface area (Å²) in [7, 11) is 0. The Labute approximate surface area is 148 Å². The van der Waals surface area contributed by atoms with Crippen molar-refractivity contribution in [1.29, 1.82) is 0 Å². The van der Waals surface area contributed by atoms with Crippen LogP contribution in [0.3, 0.4) is 0 Å². The highest BCUT2D eigenvalue weighted by molar-refractivity contribution is 8.00. The number of aryl methyl sites for hydroxylation is 3. The van der Waals surface area contributed by atoms with Gasteiger partial charge in [-0.05, 0) is 38.0 Å². The van der Waals surface area contributed by atoms with E-state index in [9.17, 15) is 4.79 Å². The van der Waals surface area contributed by atoms with Crippen molar-refractivity contribution in [1.82, 2.24) is 20.3 Å². The van der Waals surface area contributed by atoms with Crippen molar-refractivity contribution in [2.75, 3.05) is 5.75 Å². The molecular formula is C17H18N4OS2. The predicted molar refractivity (Wildman–Crippen MR) is 98.4 cm³/mol. The molecule has 0 aliphatic rings. The summed E-state index contributed by atoms with van der Waals surface area (Å²) in [6.07, 6.45) is 3.30. The van der Waals surface area contributed by atoms with E-state index in [0.717, 1.165) is 26.5 Å². The quantitative estimate of drug-likeness (QED) is 0.559. The van der Waals surface area contributed by atoms with Crippen molar-refractivity contribution in [3.05, 3.63) is 46.4 Å². The minimum absolute atomic E-state index is 0.0265. The van der Waals surface area contributed by atoms with E-state index in [1.807, 2.05) is 19.1 Å². The molecule has 3 aromatic heterocycles. The zero-order valence-electron chi connectivity index (χ0n) is 13.8. The smallest absolute Gasteiger partial charge is 0.230 e. The molecule has 3 heterocycles. The largest absolute Gasteiger partial charge is 0.350 e. The second kappa shape index (κ2) is 7.27. The molecule has 0 atom stereocenters. The fourth-order valence-electron chi connectivity index (χ4n) is 2.33. The standard InChI is InChI=1S/C17H18N4OS2/c1-10-5-4-6-18-13(10)7-19-14(22)8-23-16-15-11(2)12(3)24-17(15)21-9-20-16/h4-6,9H,7-8H2,1-3H3,(H,19,22). The Bertz CT molecular complexity index is 891. The highest BCUT2D eigenvalue weighted by Crippen LogP contribution is 2.34. The fraction of sp³-hybridized carbons (Fsp3) is 0.294. The number of amides is 1. The average molecular weight is 358 g/mol. The molecule has 0 radical (unpaired) electrons. The van der Waals surface area contributed by atoms with Crippen molar-refractivity contribution in [2.45, 2.75) is 32.3 Å². The van der Waals surface area contributed by atoms with Gasteiger partial charge in [0.1, 0.15) is 16.2 Å². The normalized spacial score (nSPS) is 11.0. The Morgan fingerprint density at radius 2 is 2.08 bits per heavy atom. The van der Waals surface area contributed by atoms with E-state index in [-0.39, 0.29) is 5.91 Å². The molecule has 3 rings (SSSR count). The SMILES string of the molecule is Cc1cccnc1CNC(=O)CSc1ncnc2sc(C)c(C)c12. The van der Waals surface area contributed by atoms with Gasteiger partial charge in [0.2, 0.25) is 5.91 Å². The lowest BCUT2D eigenvalue weighted by Crippen LogP contribution is -2.25. The summed E-state index contributed by atoms with van der Waals surface area (Å²) in [6, 6.07) is 3.88. The van der Waals surface area contributed by atoms with Gasteiger partial charge in [-0.2, -0.15) is 0 Å². The minimum Gasteiger partial charge on any atom is -0.350 e. The zero-order valence-corrected chi connectivity index (χ0v) is 15.4. The van der Waals surface area contributed by atoms with Crippen LogP contribution in [0.2, 0.25) is 0 Å². The molecule has 0 aliphatic carbocycles. The number of pyridine rings is 1. The van der Waals surface area contributed by atoms with E-state index < -0.39 is 0 Å². The summed E-state index contributed by atoms with van der Waals surface area (Å²) in [4.78, 5) is 27.3. The second-order valence-corrected chi connectivity index (χ2v) is 7.64. The van der Waals surface area contributed by atoms with Crippen LogP contribution in [0.15, 0.2) is 29.7 Å². The van der Waals surface area contributed by atoms with Crippen LogP contribution in [0.1, 0.15) is 21.7 Å². The maximum Gasteiger partial charge on any atom is 0.230 e. The van der Waals surface area contributed by atoms with Crippen molar-refractivity contribution in [3.8, 4) is 0 Å².